The van der Waals surface area contributed by atoms with E-state index in [-0.39, 0.29) is 5.41 Å². The standard InChI is InChI=1S/C61H55N/c1-8-10-17-44(9-2)45-26-28-46(29-27-45)47-30-33-51(34-31-47)62(52-32-23-43(5)56(39-52)54-20-15-14-16-42(54)4)53-35-36-55-58-38-50(48-24-21-41(3)22-25-48)37-57(49-18-12-11-13-19-49)60(58)61(6,7)59(55)40-53/h8-21,23-41H,2,22H2,1,3-7H3/b10-8-,44-17+. The predicted molar refractivity (Wildman–Crippen MR) is 268 cm³/mol. The van der Waals surface area contributed by atoms with Gasteiger partial charge in [0.1, 0.15) is 0 Å². The summed E-state index contributed by atoms with van der Waals surface area (Å²) in [6, 6.07) is 56.5. The van der Waals surface area contributed by atoms with Crippen molar-refractivity contribution in [3.8, 4) is 44.5 Å². The number of anilines is 3. The van der Waals surface area contributed by atoms with E-state index < -0.39 is 0 Å². The number of benzene rings is 7. The van der Waals surface area contributed by atoms with Crippen molar-refractivity contribution in [3.05, 3.63) is 234 Å². The van der Waals surface area contributed by atoms with Crippen LogP contribution in [0.25, 0.3) is 55.7 Å². The van der Waals surface area contributed by atoms with Crippen molar-refractivity contribution in [1.29, 1.82) is 0 Å². The molecule has 0 aromatic heterocycles. The summed E-state index contributed by atoms with van der Waals surface area (Å²) < 4.78 is 0. The second-order valence-electron chi connectivity index (χ2n) is 17.5. The van der Waals surface area contributed by atoms with Crippen LogP contribution in [0.2, 0.25) is 0 Å². The van der Waals surface area contributed by atoms with Gasteiger partial charge in [-0.2, -0.15) is 0 Å². The van der Waals surface area contributed by atoms with Gasteiger partial charge in [0.15, 0.2) is 0 Å². The molecule has 0 radical (unpaired) electrons. The van der Waals surface area contributed by atoms with Gasteiger partial charge in [-0.05, 0) is 171 Å². The van der Waals surface area contributed by atoms with Gasteiger partial charge in [0.2, 0.25) is 0 Å². The number of hydrogen-bond donors (Lipinski definition) is 0. The third kappa shape index (κ3) is 7.54. The molecule has 0 fully saturated rings. The number of allylic oxidation sites excluding steroid dienone is 9. The fraction of sp³-hybridized carbons (Fsp3) is 0.148. The molecule has 1 nitrogen and oxygen atoms in total. The third-order valence-corrected chi connectivity index (χ3v) is 13.0. The van der Waals surface area contributed by atoms with Crippen LogP contribution in [0.15, 0.2) is 201 Å². The summed E-state index contributed by atoms with van der Waals surface area (Å²) >= 11 is 0. The van der Waals surface area contributed by atoms with Crippen molar-refractivity contribution < 1.29 is 0 Å². The van der Waals surface area contributed by atoms with E-state index >= 15 is 0 Å². The molecule has 0 heterocycles. The predicted octanol–water partition coefficient (Wildman–Crippen LogP) is 17.2. The highest BCUT2D eigenvalue weighted by atomic mass is 15.1. The molecule has 2 aliphatic carbocycles. The number of aryl methyl sites for hydroxylation is 2. The third-order valence-electron chi connectivity index (χ3n) is 13.0. The highest BCUT2D eigenvalue weighted by molar-refractivity contribution is 5.94. The Bertz CT molecular complexity index is 2930. The molecule has 0 saturated carbocycles. The van der Waals surface area contributed by atoms with Gasteiger partial charge in [0.25, 0.3) is 0 Å². The van der Waals surface area contributed by atoms with E-state index in [2.05, 4.69) is 228 Å². The zero-order valence-corrected chi connectivity index (χ0v) is 36.9. The minimum Gasteiger partial charge on any atom is -0.310 e. The monoisotopic (exact) mass is 801 g/mol. The first-order valence-corrected chi connectivity index (χ1v) is 22.0. The maximum Gasteiger partial charge on any atom is 0.0467 e. The summed E-state index contributed by atoms with van der Waals surface area (Å²) in [6.45, 7) is 17.6. The van der Waals surface area contributed by atoms with E-state index in [4.69, 9.17) is 0 Å². The molecule has 2 aliphatic rings. The van der Waals surface area contributed by atoms with E-state index in [1.54, 1.807) is 0 Å². The lowest BCUT2D eigenvalue weighted by Crippen LogP contribution is -2.18. The molecular weight excluding hydrogens is 747 g/mol. The first-order valence-electron chi connectivity index (χ1n) is 22.0. The fourth-order valence-corrected chi connectivity index (χ4v) is 9.54. The Hall–Kier alpha value is -6.96. The van der Waals surface area contributed by atoms with Crippen molar-refractivity contribution in [3.63, 3.8) is 0 Å². The second-order valence-corrected chi connectivity index (χ2v) is 17.5. The number of hydrogen-bond acceptors (Lipinski definition) is 1. The van der Waals surface area contributed by atoms with Crippen LogP contribution in [-0.4, -0.2) is 0 Å². The minimum atomic E-state index is -0.246. The quantitative estimate of drug-likeness (QED) is 0.125. The van der Waals surface area contributed by atoms with E-state index in [0.29, 0.717) is 5.92 Å². The summed E-state index contributed by atoms with van der Waals surface area (Å²) in [5.41, 5.74) is 23.3. The number of fused-ring (bicyclic) bond motifs is 3. The molecule has 0 saturated heterocycles. The molecule has 1 heteroatoms. The van der Waals surface area contributed by atoms with Crippen molar-refractivity contribution in [1.82, 2.24) is 0 Å². The molecule has 0 N–H and O–H groups in total. The van der Waals surface area contributed by atoms with Crippen LogP contribution >= 0.6 is 0 Å². The van der Waals surface area contributed by atoms with Crippen LogP contribution in [0.4, 0.5) is 17.1 Å². The summed E-state index contributed by atoms with van der Waals surface area (Å²) in [7, 11) is 0. The zero-order valence-electron chi connectivity index (χ0n) is 36.9. The van der Waals surface area contributed by atoms with Crippen LogP contribution in [0.3, 0.4) is 0 Å². The SMILES string of the molecule is C=C/C(=C\C=C/C)c1ccc(-c2ccc(N(c3ccc(C)c(-c4ccccc4C)c3)c3ccc4c(c3)C(C)(C)c3c(-c5ccccc5)cc(C5=CCC(C)C=C5)cc3-4)cc2)cc1. The second kappa shape index (κ2) is 16.8. The molecule has 7 aromatic rings. The fourth-order valence-electron chi connectivity index (χ4n) is 9.54. The van der Waals surface area contributed by atoms with Gasteiger partial charge in [-0.3, -0.25) is 0 Å². The molecule has 0 amide bonds. The molecule has 7 aromatic carbocycles. The van der Waals surface area contributed by atoms with Gasteiger partial charge in [-0.1, -0.05) is 173 Å². The Morgan fingerprint density at radius 3 is 1.95 bits per heavy atom. The molecule has 0 spiro atoms. The topological polar surface area (TPSA) is 3.24 Å². The largest absolute Gasteiger partial charge is 0.310 e. The maximum absolute atomic E-state index is 4.04. The Kier molecular flexibility index (Phi) is 11.0. The minimum absolute atomic E-state index is 0.246. The molecule has 0 aliphatic heterocycles. The lowest BCUT2D eigenvalue weighted by molar-refractivity contribution is 0.662. The van der Waals surface area contributed by atoms with E-state index in [1.807, 2.05) is 19.1 Å². The van der Waals surface area contributed by atoms with Crippen molar-refractivity contribution in [2.24, 2.45) is 5.92 Å². The Balaban J connectivity index is 1.18. The molecule has 1 atom stereocenters. The zero-order chi connectivity index (χ0) is 43.0. The lowest BCUT2D eigenvalue weighted by Gasteiger charge is -2.29. The lowest BCUT2D eigenvalue weighted by atomic mass is 9.77. The van der Waals surface area contributed by atoms with Gasteiger partial charge in [0.05, 0.1) is 0 Å². The molecule has 9 rings (SSSR count). The highest BCUT2D eigenvalue weighted by Crippen LogP contribution is 2.55. The summed E-state index contributed by atoms with van der Waals surface area (Å²) in [6.07, 6.45) is 16.3. The van der Waals surface area contributed by atoms with Gasteiger partial charge in [-0.15, -0.1) is 0 Å². The van der Waals surface area contributed by atoms with Crippen molar-refractivity contribution in [2.45, 2.75) is 53.4 Å². The van der Waals surface area contributed by atoms with Gasteiger partial charge in [-0.25, -0.2) is 0 Å². The average molecular weight is 802 g/mol. The van der Waals surface area contributed by atoms with E-state index in [9.17, 15) is 0 Å². The van der Waals surface area contributed by atoms with Crippen LogP contribution in [-0.2, 0) is 5.41 Å². The smallest absolute Gasteiger partial charge is 0.0467 e. The van der Waals surface area contributed by atoms with Gasteiger partial charge < -0.3 is 4.90 Å². The van der Waals surface area contributed by atoms with E-state index in [1.165, 1.54) is 77.9 Å². The Morgan fingerprint density at radius 2 is 1.26 bits per heavy atom. The van der Waals surface area contributed by atoms with Crippen LogP contribution in [0.1, 0.15) is 67.5 Å². The van der Waals surface area contributed by atoms with Crippen LogP contribution in [0.5, 0.6) is 0 Å². The molecule has 0 bridgehead atoms. The van der Waals surface area contributed by atoms with Gasteiger partial charge >= 0.3 is 0 Å². The number of nitrogens with zero attached hydrogens (tertiary/aromatic N) is 1. The average Bonchev–Trinajstić information content (AvgIpc) is 3.53. The first-order chi connectivity index (χ1) is 30.1. The number of rotatable bonds is 10. The Morgan fingerprint density at radius 1 is 0.613 bits per heavy atom. The summed E-state index contributed by atoms with van der Waals surface area (Å²) in [5.74, 6) is 0.564. The molecule has 62 heavy (non-hydrogen) atoms. The van der Waals surface area contributed by atoms with Crippen LogP contribution in [0, 0.1) is 19.8 Å². The maximum atomic E-state index is 4.04. The molecular formula is C61H55N. The van der Waals surface area contributed by atoms with Gasteiger partial charge in [0, 0.05) is 22.5 Å². The summed E-state index contributed by atoms with van der Waals surface area (Å²) in [5, 5.41) is 0. The molecule has 1 unspecified atom stereocenters. The molecule has 304 valence electrons. The van der Waals surface area contributed by atoms with Crippen LogP contribution < -0.4 is 4.90 Å². The van der Waals surface area contributed by atoms with Crippen molar-refractivity contribution >= 4 is 28.2 Å². The van der Waals surface area contributed by atoms with Crippen molar-refractivity contribution in [2.75, 3.05) is 4.90 Å². The normalized spacial score (nSPS) is 15.3. The first kappa shape index (κ1) is 40.4. The summed E-state index contributed by atoms with van der Waals surface area (Å²) in [4.78, 5) is 2.44. The Labute approximate surface area is 369 Å². The highest BCUT2D eigenvalue weighted by Gasteiger charge is 2.39. The van der Waals surface area contributed by atoms with E-state index in [0.717, 1.165) is 34.6 Å².